The van der Waals surface area contributed by atoms with E-state index >= 15 is 0 Å². The van der Waals surface area contributed by atoms with E-state index in [9.17, 15) is 9.59 Å². The third kappa shape index (κ3) is 4.97. The summed E-state index contributed by atoms with van der Waals surface area (Å²) in [6.07, 6.45) is 10.5. The quantitative estimate of drug-likeness (QED) is 0.199. The van der Waals surface area contributed by atoms with Gasteiger partial charge in [0.2, 0.25) is 0 Å². The average molecular weight is 750 g/mol. The minimum absolute atomic E-state index is 0.0390. The Morgan fingerprint density at radius 3 is 2.31 bits per heavy atom. The van der Waals surface area contributed by atoms with Crippen LogP contribution in [0.15, 0.2) is 18.2 Å². The van der Waals surface area contributed by atoms with Crippen LogP contribution in [0.1, 0.15) is 201 Å². The fourth-order valence-electron chi connectivity index (χ4n) is 16.6. The van der Waals surface area contributed by atoms with Gasteiger partial charge in [-0.25, -0.2) is 0 Å². The molecule has 0 amide bonds. The van der Waals surface area contributed by atoms with Gasteiger partial charge in [0.15, 0.2) is 0 Å². The number of ketones is 1. The van der Waals surface area contributed by atoms with E-state index in [1.807, 2.05) is 0 Å². The molecule has 2 aliphatic heterocycles. The van der Waals surface area contributed by atoms with Crippen LogP contribution in [0.4, 0.5) is 0 Å². The van der Waals surface area contributed by atoms with Crippen molar-refractivity contribution in [3.05, 3.63) is 46.2 Å². The number of aldehydes is 1. The van der Waals surface area contributed by atoms with Crippen LogP contribution in [-0.2, 0) is 31.6 Å². The van der Waals surface area contributed by atoms with Crippen molar-refractivity contribution in [1.82, 2.24) is 4.57 Å². The van der Waals surface area contributed by atoms with Crippen LogP contribution < -0.4 is 0 Å². The lowest BCUT2D eigenvalue weighted by molar-refractivity contribution is -0.193. The van der Waals surface area contributed by atoms with Crippen LogP contribution in [0.3, 0.4) is 0 Å². The van der Waals surface area contributed by atoms with Crippen LogP contribution in [0.5, 0.6) is 0 Å². The second-order valence-corrected chi connectivity index (χ2v) is 23.6. The van der Waals surface area contributed by atoms with Crippen molar-refractivity contribution in [3.63, 3.8) is 0 Å². The molecule has 0 N–H and O–H groups in total. The highest BCUT2D eigenvalue weighted by Gasteiger charge is 2.69. The molecule has 8 rings (SSSR count). The van der Waals surface area contributed by atoms with Gasteiger partial charge < -0.3 is 14.1 Å². The second-order valence-electron chi connectivity index (χ2n) is 23.6. The van der Waals surface area contributed by atoms with Gasteiger partial charge in [-0.3, -0.25) is 4.79 Å². The Morgan fingerprint density at radius 1 is 1.02 bits per heavy atom. The van der Waals surface area contributed by atoms with Gasteiger partial charge in [-0.1, -0.05) is 74.5 Å². The highest BCUT2D eigenvalue weighted by molar-refractivity contribution is 5.95. The molecular formula is C51H75NO3. The van der Waals surface area contributed by atoms with E-state index in [1.165, 1.54) is 43.2 Å². The Labute approximate surface area is 334 Å². The molecular weight excluding hydrogens is 675 g/mol. The lowest BCUT2D eigenvalue weighted by Gasteiger charge is -2.68. The molecule has 3 fully saturated rings. The number of carbonyl (C=O) groups is 2. The first-order valence-electron chi connectivity index (χ1n) is 22.3. The summed E-state index contributed by atoms with van der Waals surface area (Å²) in [5, 5.41) is 1.56. The monoisotopic (exact) mass is 750 g/mol. The van der Waals surface area contributed by atoms with E-state index in [4.69, 9.17) is 11.3 Å². The fourth-order valence-corrected chi connectivity index (χ4v) is 16.6. The van der Waals surface area contributed by atoms with Gasteiger partial charge in [-0.15, -0.1) is 0 Å². The standard InChI is InChI=1S/C51H75NO3/c1-28(2)43-47(10,11)41-39-30(4)40-37(27-46(8,9)55-48(40,12)13)34(39)25-35-36-24-33-17-18-38-49(14,51(33,16)44(36)52(43)42(35)41)21-20-45(6,7)50(38,15)26-29(3)23-32(19-22-53)31(5)54/h22,25,29-30,32-33,37-38,40,43H,1,17-21,23-24,26-27H2,2-16H3. The van der Waals surface area contributed by atoms with Crippen LogP contribution in [-0.4, -0.2) is 27.8 Å². The van der Waals surface area contributed by atoms with E-state index in [2.05, 4.69) is 108 Å². The van der Waals surface area contributed by atoms with Gasteiger partial charge in [0.1, 0.15) is 12.1 Å². The molecule has 302 valence electrons. The Bertz CT molecular complexity index is 1990. The molecule has 6 aliphatic rings. The summed E-state index contributed by atoms with van der Waals surface area (Å²) in [5.74, 6) is 2.98. The van der Waals surface area contributed by atoms with Crippen molar-refractivity contribution in [2.24, 2.45) is 45.8 Å². The van der Waals surface area contributed by atoms with E-state index in [-0.39, 0.29) is 56.0 Å². The molecule has 4 nitrogen and oxygen atoms in total. The number of hydrogen-bond acceptors (Lipinski definition) is 3. The van der Waals surface area contributed by atoms with Gasteiger partial charge in [0.05, 0.1) is 22.8 Å². The van der Waals surface area contributed by atoms with E-state index in [1.54, 1.807) is 40.3 Å². The van der Waals surface area contributed by atoms with Gasteiger partial charge >= 0.3 is 0 Å². The number of ether oxygens (including phenoxy) is 1. The third-order valence-corrected chi connectivity index (χ3v) is 18.9. The molecule has 1 saturated heterocycles. The fraction of sp³-hybridized carbons (Fsp3) is 0.765. The van der Waals surface area contributed by atoms with Crippen LogP contribution >= 0.6 is 0 Å². The minimum Gasteiger partial charge on any atom is -0.369 e. The number of rotatable bonds is 8. The Balaban J connectivity index is 1.31. The first-order valence-corrected chi connectivity index (χ1v) is 22.3. The predicted molar refractivity (Wildman–Crippen MR) is 227 cm³/mol. The molecule has 1 aromatic heterocycles. The zero-order chi connectivity index (χ0) is 40.4. The SMILES string of the molecule is C=C(C)C1n2c3c(c4cc5c(c(c42)C1(C)C)C(C)C1C5CC(C)(C)OC1(C)C)CC1CCC2C(C)(CC(C)CC(CC=O)C(C)=O)C(C)(C)CCC2(C)C31C. The summed E-state index contributed by atoms with van der Waals surface area (Å²) in [7, 11) is 0. The van der Waals surface area contributed by atoms with Crippen molar-refractivity contribution in [2.75, 3.05) is 0 Å². The molecule has 11 atom stereocenters. The summed E-state index contributed by atoms with van der Waals surface area (Å²) in [5.41, 5.74) is 11.1. The molecule has 11 unspecified atom stereocenters. The third-order valence-electron chi connectivity index (χ3n) is 18.9. The highest BCUT2D eigenvalue weighted by Crippen LogP contribution is 2.75. The van der Waals surface area contributed by atoms with Gasteiger partial charge in [0, 0.05) is 40.2 Å². The minimum atomic E-state index is -0.192. The summed E-state index contributed by atoms with van der Waals surface area (Å²) in [6.45, 7) is 41.3. The van der Waals surface area contributed by atoms with E-state index in [0.29, 0.717) is 41.9 Å². The maximum absolute atomic E-state index is 12.6. The van der Waals surface area contributed by atoms with Gasteiger partial charge in [-0.05, 0) is 167 Å². The molecule has 3 heterocycles. The van der Waals surface area contributed by atoms with Crippen molar-refractivity contribution in [3.8, 4) is 0 Å². The van der Waals surface area contributed by atoms with Crippen molar-refractivity contribution in [1.29, 1.82) is 0 Å². The molecule has 0 radical (unpaired) electrons. The number of allylic oxidation sites excluding steroid dienone is 1. The maximum atomic E-state index is 12.6. The predicted octanol–water partition coefficient (Wildman–Crippen LogP) is 12.7. The molecule has 2 aromatic rings. The molecule has 2 saturated carbocycles. The molecule has 4 heteroatoms. The number of aromatic nitrogens is 1. The first kappa shape index (κ1) is 39.6. The lowest BCUT2D eigenvalue weighted by atomic mass is 9.36. The van der Waals surface area contributed by atoms with Gasteiger partial charge in [-0.2, -0.15) is 0 Å². The topological polar surface area (TPSA) is 48.3 Å². The first-order chi connectivity index (χ1) is 25.3. The number of nitrogens with zero attached hydrogens (tertiary/aromatic N) is 1. The zero-order valence-corrected chi connectivity index (χ0v) is 37.5. The summed E-state index contributed by atoms with van der Waals surface area (Å²) in [6, 6.07) is 2.96. The van der Waals surface area contributed by atoms with Crippen molar-refractivity contribution < 1.29 is 14.3 Å². The summed E-state index contributed by atoms with van der Waals surface area (Å²) in [4.78, 5) is 24.2. The number of Topliss-reactive ketones (excluding diaryl/α,β-unsaturated/α-hetero) is 1. The number of carbonyl (C=O) groups excluding carboxylic acids is 2. The smallest absolute Gasteiger partial charge is 0.133 e. The Morgan fingerprint density at radius 2 is 1.69 bits per heavy atom. The van der Waals surface area contributed by atoms with Gasteiger partial charge in [0.25, 0.3) is 0 Å². The summed E-state index contributed by atoms with van der Waals surface area (Å²) < 4.78 is 9.84. The number of fused-ring (bicyclic) bond motifs is 11. The van der Waals surface area contributed by atoms with Crippen LogP contribution in [0.2, 0.25) is 0 Å². The van der Waals surface area contributed by atoms with Crippen molar-refractivity contribution >= 4 is 23.0 Å². The van der Waals surface area contributed by atoms with Crippen molar-refractivity contribution in [2.45, 2.75) is 202 Å². The number of hydrogen-bond donors (Lipinski definition) is 0. The molecule has 1 aromatic carbocycles. The second kappa shape index (κ2) is 11.9. The van der Waals surface area contributed by atoms with Crippen LogP contribution in [0.25, 0.3) is 10.9 Å². The normalized spacial score (nSPS) is 39.4. The molecule has 4 aliphatic carbocycles. The largest absolute Gasteiger partial charge is 0.369 e. The zero-order valence-electron chi connectivity index (χ0n) is 37.5. The Kier molecular flexibility index (Phi) is 8.60. The molecule has 0 spiro atoms. The maximum Gasteiger partial charge on any atom is 0.133 e. The molecule has 55 heavy (non-hydrogen) atoms. The lowest BCUT2D eigenvalue weighted by Crippen LogP contribution is -2.63. The highest BCUT2D eigenvalue weighted by atomic mass is 16.5. The number of benzene rings is 1. The molecule has 0 bridgehead atoms. The summed E-state index contributed by atoms with van der Waals surface area (Å²) >= 11 is 0. The van der Waals surface area contributed by atoms with Crippen LogP contribution in [0, 0.1) is 45.8 Å². The van der Waals surface area contributed by atoms with E-state index < -0.39 is 0 Å². The van der Waals surface area contributed by atoms with E-state index in [0.717, 1.165) is 25.5 Å². The average Bonchev–Trinajstić information content (AvgIpc) is 3.69. The Hall–Kier alpha value is -2.20.